The highest BCUT2D eigenvalue weighted by Crippen LogP contribution is 2.16. The Morgan fingerprint density at radius 1 is 1.50 bits per heavy atom. The lowest BCUT2D eigenvalue weighted by molar-refractivity contribution is -0.175. The van der Waals surface area contributed by atoms with Crippen LogP contribution in [0.1, 0.15) is 27.2 Å². The van der Waals surface area contributed by atoms with Crippen LogP contribution in [-0.4, -0.2) is 25.1 Å². The van der Waals surface area contributed by atoms with Crippen molar-refractivity contribution in [1.82, 2.24) is 5.06 Å². The molecule has 0 aliphatic carbocycles. The molecule has 1 amide bonds. The standard InChI is InChI=1S/C9H19NO2/c1-6-8(7(2)3)9(11)10(4)12-5/h7-8H,6H2,1-5H3. The minimum atomic E-state index is 0.0648. The minimum absolute atomic E-state index is 0.0648. The Labute approximate surface area is 74.6 Å². The van der Waals surface area contributed by atoms with E-state index in [-0.39, 0.29) is 11.8 Å². The van der Waals surface area contributed by atoms with Gasteiger partial charge in [-0.05, 0) is 12.3 Å². The third kappa shape index (κ3) is 2.81. The Morgan fingerprint density at radius 2 is 2.00 bits per heavy atom. The topological polar surface area (TPSA) is 29.5 Å². The summed E-state index contributed by atoms with van der Waals surface area (Å²) in [5.74, 6) is 0.519. The zero-order valence-corrected chi connectivity index (χ0v) is 8.63. The Morgan fingerprint density at radius 3 is 2.25 bits per heavy atom. The molecule has 0 heterocycles. The fourth-order valence-electron chi connectivity index (χ4n) is 1.25. The first-order chi connectivity index (χ1) is 5.54. The van der Waals surface area contributed by atoms with E-state index in [9.17, 15) is 4.79 Å². The van der Waals surface area contributed by atoms with Gasteiger partial charge < -0.3 is 0 Å². The zero-order chi connectivity index (χ0) is 9.72. The van der Waals surface area contributed by atoms with E-state index in [1.54, 1.807) is 7.05 Å². The van der Waals surface area contributed by atoms with Gasteiger partial charge in [-0.2, -0.15) is 0 Å². The molecule has 0 aromatic rings. The molecule has 0 bridgehead atoms. The third-order valence-electron chi connectivity index (χ3n) is 2.15. The number of carbonyl (C=O) groups is 1. The molecular weight excluding hydrogens is 154 g/mol. The smallest absolute Gasteiger partial charge is 0.249 e. The van der Waals surface area contributed by atoms with Crippen LogP contribution in [-0.2, 0) is 9.63 Å². The quantitative estimate of drug-likeness (QED) is 0.605. The number of hydrogen-bond acceptors (Lipinski definition) is 2. The molecule has 0 aliphatic heterocycles. The van der Waals surface area contributed by atoms with Gasteiger partial charge in [-0.15, -0.1) is 0 Å². The molecule has 3 heteroatoms. The van der Waals surface area contributed by atoms with Crippen molar-refractivity contribution in [2.45, 2.75) is 27.2 Å². The van der Waals surface area contributed by atoms with Crippen molar-refractivity contribution >= 4 is 5.91 Å². The molecule has 0 radical (unpaired) electrons. The summed E-state index contributed by atoms with van der Waals surface area (Å²) in [6, 6.07) is 0. The summed E-state index contributed by atoms with van der Waals surface area (Å²) < 4.78 is 0. The molecular formula is C9H19NO2. The van der Waals surface area contributed by atoms with Gasteiger partial charge in [0, 0.05) is 13.0 Å². The first-order valence-electron chi connectivity index (χ1n) is 4.36. The number of nitrogens with zero attached hydrogens (tertiary/aromatic N) is 1. The van der Waals surface area contributed by atoms with Gasteiger partial charge in [0.2, 0.25) is 5.91 Å². The third-order valence-corrected chi connectivity index (χ3v) is 2.15. The van der Waals surface area contributed by atoms with E-state index < -0.39 is 0 Å². The normalized spacial score (nSPS) is 13.2. The van der Waals surface area contributed by atoms with E-state index in [1.807, 2.05) is 6.92 Å². The van der Waals surface area contributed by atoms with Gasteiger partial charge in [-0.25, -0.2) is 5.06 Å². The maximum atomic E-state index is 11.5. The lowest BCUT2D eigenvalue weighted by Gasteiger charge is -2.23. The van der Waals surface area contributed by atoms with Gasteiger partial charge in [0.25, 0.3) is 0 Å². The predicted octanol–water partition coefficient (Wildman–Crippen LogP) is 1.69. The summed E-state index contributed by atoms with van der Waals surface area (Å²) in [4.78, 5) is 16.4. The molecule has 72 valence electrons. The summed E-state index contributed by atoms with van der Waals surface area (Å²) >= 11 is 0. The largest absolute Gasteiger partial charge is 0.275 e. The minimum Gasteiger partial charge on any atom is -0.275 e. The van der Waals surface area contributed by atoms with E-state index in [1.165, 1.54) is 12.2 Å². The molecule has 1 unspecified atom stereocenters. The number of hydrogen-bond donors (Lipinski definition) is 0. The van der Waals surface area contributed by atoms with E-state index in [4.69, 9.17) is 4.84 Å². The highest BCUT2D eigenvalue weighted by Gasteiger charge is 2.23. The fraction of sp³-hybridized carbons (Fsp3) is 0.889. The lowest BCUT2D eigenvalue weighted by Crippen LogP contribution is -2.34. The Balaban J connectivity index is 4.21. The Kier molecular flexibility index (Phi) is 4.90. The first-order valence-corrected chi connectivity index (χ1v) is 4.36. The SMILES string of the molecule is CCC(C(=O)N(C)OC)C(C)C. The number of carbonyl (C=O) groups excluding carboxylic acids is 1. The molecule has 0 saturated carbocycles. The molecule has 0 aromatic heterocycles. The van der Waals surface area contributed by atoms with Crippen LogP contribution in [0.4, 0.5) is 0 Å². The van der Waals surface area contributed by atoms with Crippen molar-refractivity contribution in [1.29, 1.82) is 0 Å². The maximum Gasteiger partial charge on any atom is 0.249 e. The first kappa shape index (κ1) is 11.4. The summed E-state index contributed by atoms with van der Waals surface area (Å²) in [6.45, 7) is 6.12. The number of amides is 1. The van der Waals surface area contributed by atoms with Crippen LogP contribution in [0, 0.1) is 11.8 Å². The Bertz CT molecular complexity index is 145. The molecule has 0 spiro atoms. The van der Waals surface area contributed by atoms with Crippen molar-refractivity contribution in [3.63, 3.8) is 0 Å². The number of hydroxylamine groups is 2. The molecule has 0 saturated heterocycles. The van der Waals surface area contributed by atoms with Crippen LogP contribution in [0.3, 0.4) is 0 Å². The van der Waals surface area contributed by atoms with Crippen LogP contribution >= 0.6 is 0 Å². The van der Waals surface area contributed by atoms with Crippen LogP contribution < -0.4 is 0 Å². The van der Waals surface area contributed by atoms with Crippen molar-refractivity contribution in [2.24, 2.45) is 11.8 Å². The van der Waals surface area contributed by atoms with Crippen LogP contribution in [0.25, 0.3) is 0 Å². The van der Waals surface area contributed by atoms with Gasteiger partial charge >= 0.3 is 0 Å². The molecule has 0 aromatic carbocycles. The second-order valence-electron chi connectivity index (χ2n) is 3.28. The van der Waals surface area contributed by atoms with E-state index in [0.29, 0.717) is 5.92 Å². The predicted molar refractivity (Wildman–Crippen MR) is 48.4 cm³/mol. The molecule has 0 fully saturated rings. The van der Waals surface area contributed by atoms with Crippen molar-refractivity contribution < 1.29 is 9.63 Å². The van der Waals surface area contributed by atoms with Crippen molar-refractivity contribution in [3.8, 4) is 0 Å². The number of rotatable bonds is 4. The highest BCUT2D eigenvalue weighted by atomic mass is 16.7. The molecule has 0 aliphatic rings. The molecule has 3 nitrogen and oxygen atoms in total. The van der Waals surface area contributed by atoms with Gasteiger partial charge in [0.15, 0.2) is 0 Å². The lowest BCUT2D eigenvalue weighted by atomic mass is 9.92. The van der Waals surface area contributed by atoms with Gasteiger partial charge in [-0.3, -0.25) is 9.63 Å². The summed E-state index contributed by atoms with van der Waals surface area (Å²) in [7, 11) is 3.15. The van der Waals surface area contributed by atoms with Crippen molar-refractivity contribution in [3.05, 3.63) is 0 Å². The maximum absolute atomic E-state index is 11.5. The molecule has 0 rings (SSSR count). The molecule has 0 N–H and O–H groups in total. The van der Waals surface area contributed by atoms with Gasteiger partial charge in [0.05, 0.1) is 7.11 Å². The van der Waals surface area contributed by atoms with Crippen LogP contribution in [0.5, 0.6) is 0 Å². The zero-order valence-electron chi connectivity index (χ0n) is 8.63. The summed E-state index contributed by atoms with van der Waals surface area (Å²) in [5, 5.41) is 1.30. The Hall–Kier alpha value is -0.570. The van der Waals surface area contributed by atoms with Crippen LogP contribution in [0.15, 0.2) is 0 Å². The van der Waals surface area contributed by atoms with E-state index in [0.717, 1.165) is 6.42 Å². The average molecular weight is 173 g/mol. The van der Waals surface area contributed by atoms with E-state index in [2.05, 4.69) is 13.8 Å². The van der Waals surface area contributed by atoms with Crippen LogP contribution in [0.2, 0.25) is 0 Å². The average Bonchev–Trinajstić information content (AvgIpc) is 2.03. The highest BCUT2D eigenvalue weighted by molar-refractivity contribution is 5.77. The van der Waals surface area contributed by atoms with E-state index >= 15 is 0 Å². The second-order valence-corrected chi connectivity index (χ2v) is 3.28. The van der Waals surface area contributed by atoms with Crippen molar-refractivity contribution in [2.75, 3.05) is 14.2 Å². The van der Waals surface area contributed by atoms with Gasteiger partial charge in [-0.1, -0.05) is 20.8 Å². The molecule has 1 atom stereocenters. The summed E-state index contributed by atoms with van der Waals surface area (Å²) in [5.41, 5.74) is 0. The second kappa shape index (κ2) is 5.14. The monoisotopic (exact) mass is 173 g/mol. The van der Waals surface area contributed by atoms with Gasteiger partial charge in [0.1, 0.15) is 0 Å². The molecule has 12 heavy (non-hydrogen) atoms. The summed E-state index contributed by atoms with van der Waals surface area (Å²) in [6.07, 6.45) is 0.865. The fourth-order valence-corrected chi connectivity index (χ4v) is 1.25.